The molecule has 0 unspecified atom stereocenters. The lowest BCUT2D eigenvalue weighted by Gasteiger charge is -2.35. The molecule has 1 aromatic carbocycles. The molecule has 0 saturated carbocycles. The molecule has 3 rings (SSSR count). The summed E-state index contributed by atoms with van der Waals surface area (Å²) in [5, 5.41) is 3.95. The second-order valence-corrected chi connectivity index (χ2v) is 9.01. The Morgan fingerprint density at radius 3 is 2.41 bits per heavy atom. The first-order chi connectivity index (χ1) is 13.0. The fourth-order valence-corrected chi connectivity index (χ4v) is 4.96. The average Bonchev–Trinajstić information content (AvgIpc) is 2.69. The van der Waals surface area contributed by atoms with Crippen molar-refractivity contribution in [2.24, 2.45) is 0 Å². The van der Waals surface area contributed by atoms with E-state index in [0.717, 1.165) is 39.4 Å². The fraction of sp³-hybridized carbons (Fsp3) is 0.588. The highest BCUT2D eigenvalue weighted by molar-refractivity contribution is 7.89. The Morgan fingerprint density at radius 1 is 1.15 bits per heavy atom. The van der Waals surface area contributed by atoms with Gasteiger partial charge in [0, 0.05) is 26.2 Å². The third-order valence-corrected chi connectivity index (χ3v) is 7.25. The first kappa shape index (κ1) is 20.4. The van der Waals surface area contributed by atoms with Gasteiger partial charge in [0.15, 0.2) is 5.11 Å². The van der Waals surface area contributed by atoms with Crippen molar-refractivity contribution in [3.8, 4) is 0 Å². The van der Waals surface area contributed by atoms with Crippen LogP contribution in [0.15, 0.2) is 29.2 Å². The van der Waals surface area contributed by atoms with Crippen LogP contribution in [0, 0.1) is 5.82 Å². The van der Waals surface area contributed by atoms with Gasteiger partial charge in [-0.3, -0.25) is 0 Å². The molecule has 1 aromatic rings. The van der Waals surface area contributed by atoms with Gasteiger partial charge in [0.1, 0.15) is 18.9 Å². The van der Waals surface area contributed by atoms with E-state index in [-0.39, 0.29) is 4.90 Å². The number of halogens is 1. The van der Waals surface area contributed by atoms with Crippen LogP contribution in [0.4, 0.5) is 4.39 Å². The highest BCUT2D eigenvalue weighted by Crippen LogP contribution is 2.18. The van der Waals surface area contributed by atoms with E-state index < -0.39 is 15.8 Å². The van der Waals surface area contributed by atoms with E-state index in [1.807, 2.05) is 4.90 Å². The Hall–Kier alpha value is -1.33. The predicted molar refractivity (Wildman–Crippen MR) is 104 cm³/mol. The van der Waals surface area contributed by atoms with Crippen LogP contribution in [0.1, 0.15) is 0 Å². The predicted octanol–water partition coefficient (Wildman–Crippen LogP) is -1.08. The minimum absolute atomic E-state index is 0.117. The molecule has 150 valence electrons. The SMILES string of the molecule is O=S(=O)(c1ccc(F)cc1)N1CCN(C(=S)NCC[NH+]2CCOCC2)CC1. The van der Waals surface area contributed by atoms with Crippen LogP contribution >= 0.6 is 12.2 Å². The molecule has 0 aliphatic carbocycles. The van der Waals surface area contributed by atoms with Gasteiger partial charge in [0.25, 0.3) is 0 Å². The minimum Gasteiger partial charge on any atom is -0.370 e. The lowest BCUT2D eigenvalue weighted by Crippen LogP contribution is -3.14. The molecule has 10 heteroatoms. The van der Waals surface area contributed by atoms with E-state index in [4.69, 9.17) is 17.0 Å². The molecule has 2 aliphatic heterocycles. The van der Waals surface area contributed by atoms with Crippen molar-refractivity contribution in [2.75, 3.05) is 65.6 Å². The smallest absolute Gasteiger partial charge is 0.243 e. The van der Waals surface area contributed by atoms with Crippen LogP contribution < -0.4 is 10.2 Å². The van der Waals surface area contributed by atoms with Crippen LogP contribution in [0.2, 0.25) is 0 Å². The number of quaternary nitrogens is 1. The molecular formula is C17H26FN4O3S2+. The number of thiocarbonyl (C=S) groups is 1. The highest BCUT2D eigenvalue weighted by Gasteiger charge is 2.29. The lowest BCUT2D eigenvalue weighted by molar-refractivity contribution is -0.906. The fourth-order valence-electron chi connectivity index (χ4n) is 3.26. The first-order valence-electron chi connectivity index (χ1n) is 9.16. The van der Waals surface area contributed by atoms with Crippen LogP contribution in [0.3, 0.4) is 0 Å². The maximum atomic E-state index is 13.0. The molecule has 2 heterocycles. The zero-order valence-corrected chi connectivity index (χ0v) is 16.8. The van der Waals surface area contributed by atoms with Gasteiger partial charge in [-0.1, -0.05) is 0 Å². The summed E-state index contributed by atoms with van der Waals surface area (Å²) >= 11 is 5.45. The summed E-state index contributed by atoms with van der Waals surface area (Å²) in [5.74, 6) is -0.450. The van der Waals surface area contributed by atoms with Crippen molar-refractivity contribution in [1.82, 2.24) is 14.5 Å². The first-order valence-corrected chi connectivity index (χ1v) is 11.0. The number of hydrogen-bond acceptors (Lipinski definition) is 4. The van der Waals surface area contributed by atoms with Crippen LogP contribution in [0.25, 0.3) is 0 Å². The third-order valence-electron chi connectivity index (χ3n) is 4.93. The lowest BCUT2D eigenvalue weighted by atomic mass is 10.3. The zero-order valence-electron chi connectivity index (χ0n) is 15.2. The van der Waals surface area contributed by atoms with Crippen LogP contribution in [-0.2, 0) is 14.8 Å². The van der Waals surface area contributed by atoms with E-state index in [0.29, 0.717) is 31.3 Å². The minimum atomic E-state index is -3.60. The van der Waals surface area contributed by atoms with E-state index in [1.165, 1.54) is 33.5 Å². The Bertz CT molecular complexity index is 731. The molecule has 2 fully saturated rings. The van der Waals surface area contributed by atoms with Gasteiger partial charge in [0.05, 0.1) is 31.2 Å². The van der Waals surface area contributed by atoms with Gasteiger partial charge in [0.2, 0.25) is 10.0 Å². The van der Waals surface area contributed by atoms with Gasteiger partial charge in [-0.2, -0.15) is 4.31 Å². The molecule has 0 aromatic heterocycles. The number of hydrogen-bond donors (Lipinski definition) is 2. The summed E-state index contributed by atoms with van der Waals surface area (Å²) in [6.07, 6.45) is 0. The van der Waals surface area contributed by atoms with Gasteiger partial charge in [-0.05, 0) is 36.5 Å². The van der Waals surface area contributed by atoms with Gasteiger partial charge in [-0.25, -0.2) is 12.8 Å². The van der Waals surface area contributed by atoms with E-state index in [2.05, 4.69) is 5.32 Å². The van der Waals surface area contributed by atoms with Crippen molar-refractivity contribution in [2.45, 2.75) is 4.90 Å². The molecule has 2 saturated heterocycles. The number of piperazine rings is 1. The topological polar surface area (TPSA) is 66.3 Å². The molecular weight excluding hydrogens is 391 g/mol. The summed E-state index contributed by atoms with van der Waals surface area (Å²) < 4.78 is 45.1. The molecule has 0 amide bonds. The summed E-state index contributed by atoms with van der Waals surface area (Å²) in [5.41, 5.74) is 0. The monoisotopic (exact) mass is 417 g/mol. The Balaban J connectivity index is 1.45. The van der Waals surface area contributed by atoms with Gasteiger partial charge in [-0.15, -0.1) is 0 Å². The summed E-state index contributed by atoms with van der Waals surface area (Å²) in [4.78, 5) is 3.62. The number of rotatable bonds is 5. The largest absolute Gasteiger partial charge is 0.370 e. The van der Waals surface area contributed by atoms with Gasteiger partial charge >= 0.3 is 0 Å². The molecule has 7 nitrogen and oxygen atoms in total. The zero-order chi connectivity index (χ0) is 19.3. The second kappa shape index (κ2) is 9.24. The standard InChI is InChI=1S/C17H25FN4O3S2/c18-15-1-3-16(4-2-15)27(23,24)22-9-7-21(8-10-22)17(26)19-5-6-20-11-13-25-14-12-20/h1-4H,5-14H2,(H,19,26)/p+1. The summed E-state index contributed by atoms with van der Waals surface area (Å²) in [7, 11) is -3.60. The van der Waals surface area contributed by atoms with E-state index >= 15 is 0 Å². The van der Waals surface area contributed by atoms with Crippen molar-refractivity contribution >= 4 is 27.4 Å². The molecule has 0 atom stereocenters. The van der Waals surface area contributed by atoms with Crippen molar-refractivity contribution in [1.29, 1.82) is 0 Å². The Labute approximate surface area is 165 Å². The number of ether oxygens (including phenoxy) is 1. The highest BCUT2D eigenvalue weighted by atomic mass is 32.2. The third kappa shape index (κ3) is 5.35. The van der Waals surface area contributed by atoms with Crippen LogP contribution in [0.5, 0.6) is 0 Å². The van der Waals surface area contributed by atoms with Crippen molar-refractivity contribution in [3.05, 3.63) is 30.1 Å². The quantitative estimate of drug-likeness (QED) is 0.595. The number of benzene rings is 1. The molecule has 0 spiro atoms. The number of nitrogens with zero attached hydrogens (tertiary/aromatic N) is 2. The Morgan fingerprint density at radius 2 is 1.78 bits per heavy atom. The van der Waals surface area contributed by atoms with Crippen molar-refractivity contribution < 1.29 is 22.4 Å². The normalized spacial score (nSPS) is 19.8. The van der Waals surface area contributed by atoms with Crippen LogP contribution in [-0.4, -0.2) is 88.3 Å². The maximum absolute atomic E-state index is 13.0. The second-order valence-electron chi connectivity index (χ2n) is 6.69. The average molecular weight is 418 g/mol. The molecule has 0 bridgehead atoms. The number of nitrogens with one attached hydrogen (secondary N) is 2. The van der Waals surface area contributed by atoms with Crippen molar-refractivity contribution in [3.63, 3.8) is 0 Å². The maximum Gasteiger partial charge on any atom is 0.243 e. The Kier molecular flexibility index (Phi) is 6.99. The molecule has 2 N–H and O–H groups in total. The number of morpholine rings is 1. The molecule has 0 radical (unpaired) electrons. The molecule has 2 aliphatic rings. The summed E-state index contributed by atoms with van der Waals surface area (Å²) in [6, 6.07) is 4.94. The summed E-state index contributed by atoms with van der Waals surface area (Å²) in [6.45, 7) is 7.24. The van der Waals surface area contributed by atoms with Gasteiger partial charge < -0.3 is 19.9 Å². The molecule has 27 heavy (non-hydrogen) atoms. The number of sulfonamides is 1. The van der Waals surface area contributed by atoms with E-state index in [9.17, 15) is 12.8 Å². The van der Waals surface area contributed by atoms with E-state index in [1.54, 1.807) is 0 Å².